The lowest BCUT2D eigenvalue weighted by Gasteiger charge is -2.14. The van der Waals surface area contributed by atoms with Crippen LogP contribution >= 0.6 is 24.2 Å². The van der Waals surface area contributed by atoms with E-state index in [0.29, 0.717) is 0 Å². The molecule has 0 radical (unpaired) electrons. The predicted octanol–water partition coefficient (Wildman–Crippen LogP) is 2.62. The van der Waals surface area contributed by atoms with Gasteiger partial charge in [0, 0.05) is 11.6 Å². The molecule has 1 heterocycles. The van der Waals surface area contributed by atoms with Crippen molar-refractivity contribution in [3.8, 4) is 0 Å². The second kappa shape index (κ2) is 4.45. The van der Waals surface area contributed by atoms with Crippen LogP contribution in [0.4, 0.5) is 0 Å². The molecule has 0 fully saturated rings. The van der Waals surface area contributed by atoms with Crippen LogP contribution in [-0.4, -0.2) is 18.9 Å². The molecule has 1 aromatic rings. The molecule has 1 unspecified atom stereocenters. The molecular formula is C11H13ClN2S. The fourth-order valence-electron chi connectivity index (χ4n) is 1.63. The van der Waals surface area contributed by atoms with Crippen molar-refractivity contribution in [1.29, 1.82) is 0 Å². The largest absolute Gasteiger partial charge is 0.371 e. The maximum absolute atomic E-state index is 6.23. The van der Waals surface area contributed by atoms with Crippen LogP contribution in [0.3, 0.4) is 0 Å². The Balaban J connectivity index is 2.32. The zero-order valence-electron chi connectivity index (χ0n) is 8.50. The number of halogens is 1. The lowest BCUT2D eigenvalue weighted by molar-refractivity contribution is 0.952. The maximum Gasteiger partial charge on any atom is 0.114 e. The molecule has 0 amide bonds. The number of nitrogens with zero attached hydrogens (tertiary/aromatic N) is 1. The van der Waals surface area contributed by atoms with E-state index in [2.05, 4.69) is 22.9 Å². The summed E-state index contributed by atoms with van der Waals surface area (Å²) in [6, 6.07) is 5.99. The second-order valence-electron chi connectivity index (χ2n) is 3.57. The van der Waals surface area contributed by atoms with Gasteiger partial charge in [-0.1, -0.05) is 29.8 Å². The Hall–Kier alpha value is -0.670. The van der Waals surface area contributed by atoms with Gasteiger partial charge in [-0.05, 0) is 18.1 Å². The summed E-state index contributed by atoms with van der Waals surface area (Å²) in [5.74, 6) is 0.922. The molecule has 0 saturated heterocycles. The normalized spacial score (nSPS) is 17.1. The molecule has 1 N–H and O–H groups in total. The number of hydrogen-bond donors (Lipinski definition) is 2. The quantitative estimate of drug-likeness (QED) is 0.764. The van der Waals surface area contributed by atoms with E-state index in [1.54, 1.807) is 0 Å². The van der Waals surface area contributed by atoms with Crippen LogP contribution in [0.15, 0.2) is 23.2 Å². The standard InChI is InChI=1S/C11H13ClN2S/c1-7-3-2-4-8(9(7)12)10(15)11-13-5-6-14-11/h2-4,10,15H,5-6H2,1H3,(H,13,14). The Morgan fingerprint density at radius 1 is 1.53 bits per heavy atom. The summed E-state index contributed by atoms with van der Waals surface area (Å²) < 4.78 is 0. The molecule has 0 spiro atoms. The number of hydrogen-bond acceptors (Lipinski definition) is 3. The predicted molar refractivity (Wildman–Crippen MR) is 68.2 cm³/mol. The van der Waals surface area contributed by atoms with Crippen LogP contribution in [0.2, 0.25) is 5.02 Å². The van der Waals surface area contributed by atoms with Crippen molar-refractivity contribution in [3.05, 3.63) is 34.3 Å². The van der Waals surface area contributed by atoms with E-state index in [9.17, 15) is 0 Å². The van der Waals surface area contributed by atoms with Gasteiger partial charge in [0.25, 0.3) is 0 Å². The monoisotopic (exact) mass is 240 g/mol. The summed E-state index contributed by atoms with van der Waals surface area (Å²) >= 11 is 10.8. The molecule has 0 bridgehead atoms. The van der Waals surface area contributed by atoms with E-state index >= 15 is 0 Å². The van der Waals surface area contributed by atoms with Crippen LogP contribution in [0.5, 0.6) is 0 Å². The number of nitrogens with one attached hydrogen (secondary N) is 1. The van der Waals surface area contributed by atoms with E-state index in [1.807, 2.05) is 25.1 Å². The third-order valence-electron chi connectivity index (χ3n) is 2.48. The van der Waals surface area contributed by atoms with Gasteiger partial charge in [-0.2, -0.15) is 12.6 Å². The third-order valence-corrected chi connectivity index (χ3v) is 3.51. The van der Waals surface area contributed by atoms with Crippen molar-refractivity contribution >= 4 is 30.1 Å². The highest BCUT2D eigenvalue weighted by molar-refractivity contribution is 7.81. The summed E-state index contributed by atoms with van der Waals surface area (Å²) in [5, 5.41) is 3.96. The molecule has 80 valence electrons. The highest BCUT2D eigenvalue weighted by Gasteiger charge is 2.19. The molecule has 0 aromatic heterocycles. The Kier molecular flexibility index (Phi) is 3.22. The van der Waals surface area contributed by atoms with Crippen LogP contribution in [0, 0.1) is 6.92 Å². The van der Waals surface area contributed by atoms with Gasteiger partial charge < -0.3 is 5.32 Å². The van der Waals surface area contributed by atoms with E-state index in [1.165, 1.54) is 0 Å². The summed E-state index contributed by atoms with van der Waals surface area (Å²) in [4.78, 5) is 4.35. The first-order valence-electron chi connectivity index (χ1n) is 4.91. The molecule has 1 aliphatic heterocycles. The first-order chi connectivity index (χ1) is 7.20. The van der Waals surface area contributed by atoms with E-state index in [-0.39, 0.29) is 5.25 Å². The number of thiol groups is 1. The number of aryl methyl sites for hydroxylation is 1. The minimum atomic E-state index is -0.0418. The summed E-state index contributed by atoms with van der Waals surface area (Å²) in [5.41, 5.74) is 2.10. The number of aliphatic imine (C=N–C) groups is 1. The molecule has 0 saturated carbocycles. The van der Waals surface area contributed by atoms with Gasteiger partial charge in [-0.3, -0.25) is 4.99 Å². The van der Waals surface area contributed by atoms with Gasteiger partial charge in [0.1, 0.15) is 5.84 Å². The molecule has 0 aliphatic carbocycles. The summed E-state index contributed by atoms with van der Waals surface area (Å²) in [6.45, 7) is 3.72. The molecule has 2 rings (SSSR count). The van der Waals surface area contributed by atoms with Gasteiger partial charge >= 0.3 is 0 Å². The highest BCUT2D eigenvalue weighted by atomic mass is 35.5. The molecule has 1 aliphatic rings. The molecule has 4 heteroatoms. The average Bonchev–Trinajstić information content (AvgIpc) is 2.74. The lowest BCUT2D eigenvalue weighted by atomic mass is 10.1. The highest BCUT2D eigenvalue weighted by Crippen LogP contribution is 2.30. The Morgan fingerprint density at radius 2 is 2.33 bits per heavy atom. The molecule has 1 aromatic carbocycles. The van der Waals surface area contributed by atoms with Gasteiger partial charge in [0.05, 0.1) is 11.8 Å². The number of amidine groups is 1. The fraction of sp³-hybridized carbons (Fsp3) is 0.364. The van der Waals surface area contributed by atoms with Crippen molar-refractivity contribution in [2.45, 2.75) is 12.2 Å². The van der Waals surface area contributed by atoms with Crippen LogP contribution in [0.25, 0.3) is 0 Å². The van der Waals surface area contributed by atoms with Crippen molar-refractivity contribution in [3.63, 3.8) is 0 Å². The lowest BCUT2D eigenvalue weighted by Crippen LogP contribution is -2.23. The van der Waals surface area contributed by atoms with Crippen molar-refractivity contribution < 1.29 is 0 Å². The second-order valence-corrected chi connectivity index (χ2v) is 4.47. The number of rotatable bonds is 2. The molecule has 1 atom stereocenters. The average molecular weight is 241 g/mol. The zero-order valence-corrected chi connectivity index (χ0v) is 10.1. The van der Waals surface area contributed by atoms with Gasteiger partial charge in [0.2, 0.25) is 0 Å². The fourth-order valence-corrected chi connectivity index (χ4v) is 2.33. The van der Waals surface area contributed by atoms with Gasteiger partial charge in [-0.15, -0.1) is 0 Å². The minimum Gasteiger partial charge on any atom is -0.371 e. The minimum absolute atomic E-state index is 0.0418. The van der Waals surface area contributed by atoms with E-state index in [0.717, 1.165) is 35.1 Å². The van der Waals surface area contributed by atoms with Crippen LogP contribution in [0.1, 0.15) is 16.4 Å². The zero-order chi connectivity index (χ0) is 10.8. The topological polar surface area (TPSA) is 24.4 Å². The van der Waals surface area contributed by atoms with Crippen molar-refractivity contribution in [1.82, 2.24) is 5.32 Å². The Bertz CT molecular complexity index is 404. The first-order valence-corrected chi connectivity index (χ1v) is 5.81. The maximum atomic E-state index is 6.23. The first kappa shape index (κ1) is 10.8. The van der Waals surface area contributed by atoms with E-state index < -0.39 is 0 Å². The number of benzene rings is 1. The van der Waals surface area contributed by atoms with Crippen LogP contribution in [-0.2, 0) is 0 Å². The summed E-state index contributed by atoms with van der Waals surface area (Å²) in [6.07, 6.45) is 0. The molecule has 2 nitrogen and oxygen atoms in total. The van der Waals surface area contributed by atoms with Crippen LogP contribution < -0.4 is 5.32 Å². The van der Waals surface area contributed by atoms with E-state index in [4.69, 9.17) is 11.6 Å². The third kappa shape index (κ3) is 2.13. The van der Waals surface area contributed by atoms with Gasteiger partial charge in [0.15, 0.2) is 0 Å². The van der Waals surface area contributed by atoms with Crippen molar-refractivity contribution in [2.24, 2.45) is 4.99 Å². The smallest absolute Gasteiger partial charge is 0.114 e. The SMILES string of the molecule is Cc1cccc(C(S)C2=NCCN2)c1Cl. The Labute approximate surface area is 100 Å². The molecular weight excluding hydrogens is 228 g/mol. The Morgan fingerprint density at radius 3 is 3.00 bits per heavy atom. The molecule has 15 heavy (non-hydrogen) atoms. The summed E-state index contributed by atoms with van der Waals surface area (Å²) in [7, 11) is 0. The van der Waals surface area contributed by atoms with Gasteiger partial charge in [-0.25, -0.2) is 0 Å². The van der Waals surface area contributed by atoms with Crippen molar-refractivity contribution in [2.75, 3.05) is 13.1 Å².